The Bertz CT molecular complexity index is 621. The van der Waals surface area contributed by atoms with Crippen molar-refractivity contribution in [1.82, 2.24) is 14.9 Å². The Balaban J connectivity index is 1.68. The number of para-hydroxylation sites is 2. The van der Waals surface area contributed by atoms with Crippen LogP contribution in [0.15, 0.2) is 30.6 Å². The highest BCUT2D eigenvalue weighted by Gasteiger charge is 2.04. The van der Waals surface area contributed by atoms with Crippen LogP contribution in [-0.4, -0.2) is 33.1 Å². The van der Waals surface area contributed by atoms with Crippen molar-refractivity contribution in [2.45, 2.75) is 32.2 Å². The van der Waals surface area contributed by atoms with Crippen molar-refractivity contribution in [3.63, 3.8) is 0 Å². The van der Waals surface area contributed by atoms with E-state index >= 15 is 0 Å². The number of carbonyl (C=O) groups excluding carboxylic acids is 1. The van der Waals surface area contributed by atoms with Crippen molar-refractivity contribution in [1.29, 1.82) is 0 Å². The number of carboxylic acid groups (broad SMARTS) is 1. The number of amides is 1. The highest BCUT2D eigenvalue weighted by atomic mass is 16.4. The average Bonchev–Trinajstić information content (AvgIpc) is 2.86. The van der Waals surface area contributed by atoms with Crippen LogP contribution in [0.3, 0.4) is 0 Å². The summed E-state index contributed by atoms with van der Waals surface area (Å²) < 4.78 is 2.06. The number of hydrogen-bond acceptors (Lipinski definition) is 3. The van der Waals surface area contributed by atoms with Gasteiger partial charge in [-0.25, -0.2) is 4.98 Å². The molecule has 0 saturated heterocycles. The van der Waals surface area contributed by atoms with Gasteiger partial charge in [-0.2, -0.15) is 0 Å². The van der Waals surface area contributed by atoms with E-state index in [4.69, 9.17) is 5.11 Å². The summed E-state index contributed by atoms with van der Waals surface area (Å²) in [4.78, 5) is 26.1. The van der Waals surface area contributed by atoms with Crippen LogP contribution in [0.1, 0.15) is 25.7 Å². The zero-order chi connectivity index (χ0) is 15.1. The third-order valence-electron chi connectivity index (χ3n) is 3.22. The molecule has 1 heterocycles. The molecular weight excluding hydrogens is 270 g/mol. The summed E-state index contributed by atoms with van der Waals surface area (Å²) in [5.41, 5.74) is 2.06. The number of carboxylic acids is 1. The second-order valence-corrected chi connectivity index (χ2v) is 4.88. The molecule has 0 aliphatic heterocycles. The molecule has 0 saturated carbocycles. The first-order valence-corrected chi connectivity index (χ1v) is 7.05. The number of nitrogens with one attached hydrogen (secondary N) is 1. The van der Waals surface area contributed by atoms with Crippen LogP contribution in [0.4, 0.5) is 0 Å². The van der Waals surface area contributed by atoms with Gasteiger partial charge in [-0.15, -0.1) is 0 Å². The van der Waals surface area contributed by atoms with E-state index in [1.54, 1.807) is 6.33 Å². The highest BCUT2D eigenvalue weighted by Crippen LogP contribution is 2.11. The summed E-state index contributed by atoms with van der Waals surface area (Å²) in [5, 5.41) is 11.3. The Kier molecular flexibility index (Phi) is 5.31. The van der Waals surface area contributed by atoms with Gasteiger partial charge >= 0.3 is 5.97 Å². The molecule has 0 radical (unpaired) electrons. The maximum atomic E-state index is 11.5. The molecule has 2 rings (SSSR count). The number of aryl methyl sites for hydroxylation is 1. The fraction of sp³-hybridized carbons (Fsp3) is 0.400. The summed E-state index contributed by atoms with van der Waals surface area (Å²) in [7, 11) is 0. The zero-order valence-electron chi connectivity index (χ0n) is 11.8. The minimum atomic E-state index is -0.866. The van der Waals surface area contributed by atoms with Crippen molar-refractivity contribution < 1.29 is 14.7 Å². The van der Waals surface area contributed by atoms with E-state index in [1.165, 1.54) is 0 Å². The Morgan fingerprint density at radius 3 is 2.81 bits per heavy atom. The molecule has 0 fully saturated rings. The molecule has 0 bridgehead atoms. The summed E-state index contributed by atoms with van der Waals surface area (Å²) in [6.45, 7) is 1.37. The topological polar surface area (TPSA) is 84.2 Å². The van der Waals surface area contributed by atoms with Gasteiger partial charge in [-0.05, 0) is 25.0 Å². The van der Waals surface area contributed by atoms with Gasteiger partial charge in [0.1, 0.15) is 0 Å². The molecular formula is C15H19N3O3. The molecule has 2 aromatic rings. The number of aliphatic carboxylic acids is 1. The standard InChI is InChI=1S/C15H19N3O3/c19-14(7-3-8-15(20)21)16-9-4-10-18-11-17-12-5-1-2-6-13(12)18/h1-2,5-6,11H,3-4,7-10H2,(H,16,19)(H,20,21). The molecule has 0 atom stereocenters. The monoisotopic (exact) mass is 289 g/mol. The number of carbonyl (C=O) groups is 2. The molecule has 112 valence electrons. The van der Waals surface area contributed by atoms with Gasteiger partial charge < -0.3 is 15.0 Å². The minimum absolute atomic E-state index is 0.0362. The number of hydrogen-bond donors (Lipinski definition) is 2. The van der Waals surface area contributed by atoms with Crippen molar-refractivity contribution >= 4 is 22.9 Å². The SMILES string of the molecule is O=C(O)CCCC(=O)NCCCn1cnc2ccccc21. The third kappa shape index (κ3) is 4.59. The van der Waals surface area contributed by atoms with Crippen molar-refractivity contribution in [3.05, 3.63) is 30.6 Å². The molecule has 6 nitrogen and oxygen atoms in total. The minimum Gasteiger partial charge on any atom is -0.481 e. The van der Waals surface area contributed by atoms with Gasteiger partial charge in [0.15, 0.2) is 0 Å². The largest absolute Gasteiger partial charge is 0.481 e. The van der Waals surface area contributed by atoms with E-state index in [9.17, 15) is 9.59 Å². The summed E-state index contributed by atoms with van der Waals surface area (Å²) in [6, 6.07) is 7.92. The lowest BCUT2D eigenvalue weighted by Crippen LogP contribution is -2.25. The second-order valence-electron chi connectivity index (χ2n) is 4.88. The second kappa shape index (κ2) is 7.42. The number of benzene rings is 1. The molecule has 0 aliphatic rings. The Morgan fingerprint density at radius 2 is 2.00 bits per heavy atom. The van der Waals surface area contributed by atoms with Crippen LogP contribution in [0.25, 0.3) is 11.0 Å². The molecule has 0 spiro atoms. The molecule has 2 N–H and O–H groups in total. The molecule has 21 heavy (non-hydrogen) atoms. The molecule has 0 aliphatic carbocycles. The van der Waals surface area contributed by atoms with Crippen molar-refractivity contribution in [2.24, 2.45) is 0 Å². The normalized spacial score (nSPS) is 10.7. The summed E-state index contributed by atoms with van der Waals surface area (Å²) >= 11 is 0. The van der Waals surface area contributed by atoms with Crippen LogP contribution in [0.2, 0.25) is 0 Å². The number of fused-ring (bicyclic) bond motifs is 1. The summed E-state index contributed by atoms with van der Waals surface area (Å²) in [5.74, 6) is -0.957. The molecule has 1 amide bonds. The lowest BCUT2D eigenvalue weighted by molar-refractivity contribution is -0.137. The Labute approximate surface area is 122 Å². The van der Waals surface area contributed by atoms with Crippen LogP contribution in [0.5, 0.6) is 0 Å². The molecule has 6 heteroatoms. The number of nitrogens with zero attached hydrogens (tertiary/aromatic N) is 2. The molecule has 1 aromatic carbocycles. The predicted molar refractivity (Wildman–Crippen MR) is 78.8 cm³/mol. The maximum absolute atomic E-state index is 11.5. The van der Waals surface area contributed by atoms with Gasteiger partial charge in [-0.3, -0.25) is 9.59 Å². The van der Waals surface area contributed by atoms with E-state index in [0.29, 0.717) is 13.0 Å². The van der Waals surface area contributed by atoms with Crippen molar-refractivity contribution in [3.8, 4) is 0 Å². The Morgan fingerprint density at radius 1 is 1.19 bits per heavy atom. The average molecular weight is 289 g/mol. The first-order valence-electron chi connectivity index (χ1n) is 7.05. The lowest BCUT2D eigenvalue weighted by atomic mass is 10.2. The highest BCUT2D eigenvalue weighted by molar-refractivity contribution is 5.76. The quantitative estimate of drug-likeness (QED) is 0.726. The predicted octanol–water partition coefficient (Wildman–Crippen LogP) is 1.80. The van der Waals surface area contributed by atoms with Gasteiger partial charge in [-0.1, -0.05) is 12.1 Å². The van der Waals surface area contributed by atoms with Gasteiger partial charge in [0.2, 0.25) is 5.91 Å². The van der Waals surface area contributed by atoms with Crippen LogP contribution in [-0.2, 0) is 16.1 Å². The number of imidazole rings is 1. The fourth-order valence-electron chi connectivity index (χ4n) is 2.15. The number of rotatable bonds is 8. The number of aromatic nitrogens is 2. The lowest BCUT2D eigenvalue weighted by Gasteiger charge is -2.06. The molecule has 1 aromatic heterocycles. The molecule has 0 unspecified atom stereocenters. The third-order valence-corrected chi connectivity index (χ3v) is 3.22. The first-order chi connectivity index (χ1) is 10.2. The van der Waals surface area contributed by atoms with Gasteiger partial charge in [0, 0.05) is 25.9 Å². The smallest absolute Gasteiger partial charge is 0.303 e. The van der Waals surface area contributed by atoms with Crippen LogP contribution in [0, 0.1) is 0 Å². The van der Waals surface area contributed by atoms with Crippen LogP contribution >= 0.6 is 0 Å². The fourth-order valence-corrected chi connectivity index (χ4v) is 2.15. The van der Waals surface area contributed by atoms with E-state index < -0.39 is 5.97 Å². The zero-order valence-corrected chi connectivity index (χ0v) is 11.8. The summed E-state index contributed by atoms with van der Waals surface area (Å²) in [6.07, 6.45) is 3.30. The van der Waals surface area contributed by atoms with E-state index in [0.717, 1.165) is 24.0 Å². The van der Waals surface area contributed by atoms with E-state index in [-0.39, 0.29) is 18.7 Å². The van der Waals surface area contributed by atoms with E-state index in [2.05, 4.69) is 14.9 Å². The maximum Gasteiger partial charge on any atom is 0.303 e. The Hall–Kier alpha value is -2.37. The van der Waals surface area contributed by atoms with Crippen LogP contribution < -0.4 is 5.32 Å². The first kappa shape index (κ1) is 15.0. The van der Waals surface area contributed by atoms with E-state index in [1.807, 2.05) is 24.3 Å². The van der Waals surface area contributed by atoms with Gasteiger partial charge in [0.05, 0.1) is 17.4 Å². The van der Waals surface area contributed by atoms with Crippen molar-refractivity contribution in [2.75, 3.05) is 6.54 Å². The van der Waals surface area contributed by atoms with Gasteiger partial charge in [0.25, 0.3) is 0 Å².